The van der Waals surface area contributed by atoms with Gasteiger partial charge in [0.25, 0.3) is 0 Å². The number of benzene rings is 1. The maximum absolute atomic E-state index is 11.4. The quantitative estimate of drug-likeness (QED) is 0.756. The zero-order valence-corrected chi connectivity index (χ0v) is 15.1. The van der Waals surface area contributed by atoms with Crippen molar-refractivity contribution in [1.29, 1.82) is 0 Å². The van der Waals surface area contributed by atoms with Crippen molar-refractivity contribution in [2.24, 2.45) is 5.73 Å². The van der Waals surface area contributed by atoms with E-state index in [4.69, 9.17) is 15.2 Å². The van der Waals surface area contributed by atoms with Crippen molar-refractivity contribution < 1.29 is 14.3 Å². The molecule has 0 aliphatic heterocycles. The summed E-state index contributed by atoms with van der Waals surface area (Å²) in [5.74, 6) is 1.08. The summed E-state index contributed by atoms with van der Waals surface area (Å²) in [6.07, 6.45) is 0. The van der Waals surface area contributed by atoms with Gasteiger partial charge >= 0.3 is 0 Å². The molecule has 0 saturated heterocycles. The van der Waals surface area contributed by atoms with E-state index < -0.39 is 0 Å². The fourth-order valence-corrected chi connectivity index (χ4v) is 3.03. The van der Waals surface area contributed by atoms with E-state index in [-0.39, 0.29) is 11.9 Å². The lowest BCUT2D eigenvalue weighted by molar-refractivity contribution is -0.122. The Hall–Kier alpha value is -2.05. The molecule has 0 aliphatic rings. The zero-order chi connectivity index (χ0) is 17.5. The Bertz CT molecular complexity index is 658. The van der Waals surface area contributed by atoms with Crippen LogP contribution in [0.5, 0.6) is 11.5 Å². The lowest BCUT2D eigenvalue weighted by Crippen LogP contribution is -2.42. The Morgan fingerprint density at radius 3 is 2.71 bits per heavy atom. The van der Waals surface area contributed by atoms with Gasteiger partial charge in [0.2, 0.25) is 5.91 Å². The van der Waals surface area contributed by atoms with E-state index in [1.54, 1.807) is 18.4 Å². The molecular formula is C18H24N2O3S. The van der Waals surface area contributed by atoms with Crippen LogP contribution in [-0.4, -0.2) is 30.5 Å². The van der Waals surface area contributed by atoms with Gasteiger partial charge in [-0.3, -0.25) is 9.69 Å². The molecular weight excluding hydrogens is 324 g/mol. The number of amides is 1. The number of likely N-dealkylation sites (N-methyl/N-ethyl adjacent to an activating group) is 1. The molecule has 24 heavy (non-hydrogen) atoms. The number of thiophene rings is 1. The summed E-state index contributed by atoms with van der Waals surface area (Å²) >= 11 is 1.66. The van der Waals surface area contributed by atoms with Crippen LogP contribution in [0.1, 0.15) is 24.3 Å². The van der Waals surface area contributed by atoms with Crippen LogP contribution in [0.15, 0.2) is 35.7 Å². The summed E-state index contributed by atoms with van der Waals surface area (Å²) in [6, 6.07) is 9.57. The summed E-state index contributed by atoms with van der Waals surface area (Å²) < 4.78 is 11.3. The van der Waals surface area contributed by atoms with Gasteiger partial charge < -0.3 is 15.2 Å². The van der Waals surface area contributed by atoms with Crippen LogP contribution in [0.4, 0.5) is 0 Å². The van der Waals surface area contributed by atoms with Gasteiger partial charge in [0.15, 0.2) is 11.5 Å². The van der Waals surface area contributed by atoms with Crippen molar-refractivity contribution in [3.63, 3.8) is 0 Å². The minimum absolute atomic E-state index is 0.309. The van der Waals surface area contributed by atoms with Crippen LogP contribution in [0.25, 0.3) is 0 Å². The molecule has 2 aromatic rings. The molecule has 0 fully saturated rings. The number of ether oxygens (including phenoxy) is 2. The van der Waals surface area contributed by atoms with Gasteiger partial charge in [-0.1, -0.05) is 19.1 Å². The third-order valence-electron chi connectivity index (χ3n) is 3.93. The number of methoxy groups -OCH3 is 1. The Kier molecular flexibility index (Phi) is 6.63. The van der Waals surface area contributed by atoms with Gasteiger partial charge in [0.05, 0.1) is 13.2 Å². The van der Waals surface area contributed by atoms with Gasteiger partial charge in [0, 0.05) is 11.4 Å². The van der Waals surface area contributed by atoms with Gasteiger partial charge in [-0.05, 0) is 42.6 Å². The van der Waals surface area contributed by atoms with E-state index in [1.807, 2.05) is 54.5 Å². The van der Waals surface area contributed by atoms with Crippen LogP contribution in [0.2, 0.25) is 0 Å². The highest BCUT2D eigenvalue weighted by Gasteiger charge is 2.18. The average molecular weight is 348 g/mol. The molecule has 130 valence electrons. The average Bonchev–Trinajstić information content (AvgIpc) is 3.11. The van der Waals surface area contributed by atoms with Crippen molar-refractivity contribution in [2.75, 3.05) is 13.7 Å². The number of carbonyl (C=O) groups is 1. The third kappa shape index (κ3) is 4.72. The Morgan fingerprint density at radius 2 is 2.12 bits per heavy atom. The summed E-state index contributed by atoms with van der Waals surface area (Å²) in [5.41, 5.74) is 6.45. The largest absolute Gasteiger partial charge is 0.493 e. The number of hydrogen-bond donors (Lipinski definition) is 1. The van der Waals surface area contributed by atoms with Crippen LogP contribution in [0.3, 0.4) is 0 Å². The fraction of sp³-hybridized carbons (Fsp3) is 0.389. The predicted octanol–water partition coefficient (Wildman–Crippen LogP) is 3.03. The first kappa shape index (κ1) is 18.3. The second-order valence-corrected chi connectivity index (χ2v) is 6.53. The minimum Gasteiger partial charge on any atom is -0.493 e. The van der Waals surface area contributed by atoms with Crippen LogP contribution < -0.4 is 15.2 Å². The molecule has 1 heterocycles. The molecule has 1 aromatic carbocycles. The number of hydrogen-bond acceptors (Lipinski definition) is 5. The lowest BCUT2D eigenvalue weighted by atomic mass is 10.1. The van der Waals surface area contributed by atoms with E-state index in [1.165, 1.54) is 0 Å². The topological polar surface area (TPSA) is 64.8 Å². The van der Waals surface area contributed by atoms with E-state index in [9.17, 15) is 4.79 Å². The monoisotopic (exact) mass is 348 g/mol. The first-order valence-corrected chi connectivity index (χ1v) is 8.78. The summed E-state index contributed by atoms with van der Waals surface area (Å²) in [5, 5.41) is 2.03. The molecule has 1 aromatic heterocycles. The molecule has 5 nitrogen and oxygen atoms in total. The van der Waals surface area contributed by atoms with Crippen LogP contribution in [0, 0.1) is 0 Å². The van der Waals surface area contributed by atoms with E-state index in [0.29, 0.717) is 24.7 Å². The highest BCUT2D eigenvalue weighted by Crippen LogP contribution is 2.30. The molecule has 0 saturated carbocycles. The van der Waals surface area contributed by atoms with E-state index >= 15 is 0 Å². The van der Waals surface area contributed by atoms with Crippen LogP contribution in [-0.2, 0) is 17.9 Å². The number of carbonyl (C=O) groups excluding carboxylic acids is 1. The van der Waals surface area contributed by atoms with E-state index in [2.05, 4.69) is 0 Å². The van der Waals surface area contributed by atoms with Gasteiger partial charge in [0.1, 0.15) is 6.61 Å². The molecule has 1 amide bonds. The maximum Gasteiger partial charge on any atom is 0.234 e. The second kappa shape index (κ2) is 8.70. The van der Waals surface area contributed by atoms with E-state index in [0.717, 1.165) is 17.0 Å². The number of nitrogens with zero attached hydrogens (tertiary/aromatic N) is 1. The van der Waals surface area contributed by atoms with Crippen LogP contribution >= 0.6 is 11.3 Å². The molecule has 0 spiro atoms. The first-order chi connectivity index (χ1) is 11.5. The normalized spacial score (nSPS) is 12.2. The van der Waals surface area contributed by atoms with Gasteiger partial charge in [-0.15, -0.1) is 11.3 Å². The maximum atomic E-state index is 11.4. The van der Waals surface area contributed by atoms with Crippen molar-refractivity contribution in [3.05, 3.63) is 46.2 Å². The standard InChI is InChI=1S/C18H24N2O3S/c1-4-20(13(2)18(19)21)11-14-7-8-16(17(10-14)22-3)23-12-15-6-5-9-24-15/h5-10,13H,4,11-12H2,1-3H3,(H2,19,21)/t13-/m0/s1. The Morgan fingerprint density at radius 1 is 1.33 bits per heavy atom. The molecule has 6 heteroatoms. The lowest BCUT2D eigenvalue weighted by Gasteiger charge is -2.25. The smallest absolute Gasteiger partial charge is 0.234 e. The van der Waals surface area contributed by atoms with Crippen molar-refractivity contribution in [3.8, 4) is 11.5 Å². The van der Waals surface area contributed by atoms with Crippen molar-refractivity contribution in [2.45, 2.75) is 33.0 Å². The molecule has 0 aliphatic carbocycles. The zero-order valence-electron chi connectivity index (χ0n) is 14.3. The third-order valence-corrected chi connectivity index (χ3v) is 4.78. The Labute approximate surface area is 147 Å². The van der Waals surface area contributed by atoms with Crippen molar-refractivity contribution in [1.82, 2.24) is 4.90 Å². The summed E-state index contributed by atoms with van der Waals surface area (Å²) in [4.78, 5) is 14.6. The number of primary amides is 1. The number of rotatable bonds is 9. The highest BCUT2D eigenvalue weighted by molar-refractivity contribution is 7.09. The summed E-state index contributed by atoms with van der Waals surface area (Å²) in [6.45, 7) is 5.72. The molecule has 1 atom stereocenters. The summed E-state index contributed by atoms with van der Waals surface area (Å²) in [7, 11) is 1.63. The predicted molar refractivity (Wildman–Crippen MR) is 96.4 cm³/mol. The SMILES string of the molecule is CCN(Cc1ccc(OCc2cccs2)c(OC)c1)[C@@H](C)C(N)=O. The Balaban J connectivity index is 2.08. The number of nitrogens with two attached hydrogens (primary N) is 1. The second-order valence-electron chi connectivity index (χ2n) is 5.49. The molecule has 2 N–H and O–H groups in total. The van der Waals surface area contributed by atoms with Gasteiger partial charge in [-0.25, -0.2) is 0 Å². The highest BCUT2D eigenvalue weighted by atomic mass is 32.1. The minimum atomic E-state index is -0.320. The van der Waals surface area contributed by atoms with Crippen molar-refractivity contribution >= 4 is 17.2 Å². The molecule has 0 unspecified atom stereocenters. The molecule has 0 bridgehead atoms. The molecule has 0 radical (unpaired) electrons. The molecule has 2 rings (SSSR count). The first-order valence-electron chi connectivity index (χ1n) is 7.90. The van der Waals surface area contributed by atoms with Gasteiger partial charge in [-0.2, -0.15) is 0 Å². The fourth-order valence-electron chi connectivity index (χ4n) is 2.41.